The van der Waals surface area contributed by atoms with Crippen molar-refractivity contribution in [1.82, 2.24) is 0 Å². The highest BCUT2D eigenvalue weighted by atomic mass is 16.6. The Hall–Kier alpha value is -2.37. The molecule has 0 saturated carbocycles. The Balaban J connectivity index is 4.32. The molecule has 0 aliphatic rings. The minimum atomic E-state index is -0.774. The number of carbonyl (C=O) groups is 3. The van der Waals surface area contributed by atoms with E-state index in [0.717, 1.165) is 64.2 Å². The molecule has 0 aliphatic heterocycles. The highest BCUT2D eigenvalue weighted by molar-refractivity contribution is 5.71. The fraction of sp³-hybridized carbons (Fsp3) is 0.873. The van der Waals surface area contributed by atoms with Crippen molar-refractivity contribution >= 4 is 17.9 Å². The van der Waals surface area contributed by atoms with Gasteiger partial charge >= 0.3 is 17.9 Å². The summed E-state index contributed by atoms with van der Waals surface area (Å²) in [5, 5.41) is 0. The van der Waals surface area contributed by atoms with Crippen LogP contribution in [0.2, 0.25) is 0 Å². The van der Waals surface area contributed by atoms with Crippen LogP contribution >= 0.6 is 0 Å². The van der Waals surface area contributed by atoms with E-state index in [0.29, 0.717) is 19.3 Å². The Labute approximate surface area is 480 Å². The monoisotopic (exact) mass is 1080 g/mol. The lowest BCUT2D eigenvalue weighted by Gasteiger charge is -2.18. The van der Waals surface area contributed by atoms with Gasteiger partial charge in [-0.25, -0.2) is 0 Å². The summed E-state index contributed by atoms with van der Waals surface area (Å²) in [7, 11) is 0. The first kappa shape index (κ1) is 74.6. The van der Waals surface area contributed by atoms with Crippen LogP contribution in [0.25, 0.3) is 0 Å². The number of unbranched alkanes of at least 4 members (excludes halogenated alkanes) is 47. The summed E-state index contributed by atoms with van der Waals surface area (Å²) in [6.45, 7) is 6.68. The van der Waals surface area contributed by atoms with E-state index in [1.807, 2.05) is 0 Å². The van der Waals surface area contributed by atoms with Crippen LogP contribution in [-0.2, 0) is 28.6 Å². The summed E-state index contributed by atoms with van der Waals surface area (Å²) in [6.07, 6.45) is 81.6. The van der Waals surface area contributed by atoms with Crippen LogP contribution in [0.15, 0.2) is 36.5 Å². The van der Waals surface area contributed by atoms with Crippen molar-refractivity contribution in [2.24, 2.45) is 0 Å². The average molecular weight is 1080 g/mol. The van der Waals surface area contributed by atoms with Crippen molar-refractivity contribution in [3.8, 4) is 0 Å². The predicted molar refractivity (Wildman–Crippen MR) is 335 cm³/mol. The van der Waals surface area contributed by atoms with Gasteiger partial charge in [0, 0.05) is 19.3 Å². The van der Waals surface area contributed by atoms with Gasteiger partial charge in [-0.15, -0.1) is 0 Å². The average Bonchev–Trinajstić information content (AvgIpc) is 3.43. The molecule has 0 aromatic heterocycles. The fourth-order valence-electron chi connectivity index (χ4n) is 10.4. The van der Waals surface area contributed by atoms with Gasteiger partial charge in [0.05, 0.1) is 0 Å². The molecule has 452 valence electrons. The summed E-state index contributed by atoms with van der Waals surface area (Å²) in [5.41, 5.74) is 0. The lowest BCUT2D eigenvalue weighted by Crippen LogP contribution is -2.30. The second-order valence-electron chi connectivity index (χ2n) is 23.4. The summed E-state index contributed by atoms with van der Waals surface area (Å²) in [5.74, 6) is -0.847. The molecule has 0 rings (SSSR count). The van der Waals surface area contributed by atoms with Gasteiger partial charge in [-0.1, -0.05) is 320 Å². The number of ether oxygens (including phenoxy) is 3. The van der Waals surface area contributed by atoms with Gasteiger partial charge in [-0.05, 0) is 77.0 Å². The van der Waals surface area contributed by atoms with Crippen LogP contribution in [0.1, 0.15) is 380 Å². The van der Waals surface area contributed by atoms with Crippen molar-refractivity contribution in [2.75, 3.05) is 13.2 Å². The van der Waals surface area contributed by atoms with Crippen molar-refractivity contribution in [3.05, 3.63) is 36.5 Å². The molecule has 0 radical (unpaired) electrons. The van der Waals surface area contributed by atoms with Crippen molar-refractivity contribution in [3.63, 3.8) is 0 Å². The third-order valence-corrected chi connectivity index (χ3v) is 15.6. The van der Waals surface area contributed by atoms with E-state index in [2.05, 4.69) is 57.2 Å². The third-order valence-electron chi connectivity index (χ3n) is 15.6. The number of esters is 3. The topological polar surface area (TPSA) is 78.9 Å². The molecule has 0 amide bonds. The molecular formula is C71H132O6. The summed E-state index contributed by atoms with van der Waals surface area (Å²) < 4.78 is 17.0. The molecule has 0 aromatic rings. The minimum absolute atomic E-state index is 0.0696. The molecule has 6 heteroatoms. The highest BCUT2D eigenvalue weighted by Crippen LogP contribution is 2.18. The Morgan fingerprint density at radius 1 is 0.260 bits per heavy atom. The third kappa shape index (κ3) is 64.3. The zero-order chi connectivity index (χ0) is 55.7. The number of rotatable bonds is 64. The number of allylic oxidation sites excluding steroid dienone is 6. The van der Waals surface area contributed by atoms with Gasteiger partial charge in [-0.3, -0.25) is 14.4 Å². The normalized spacial score (nSPS) is 12.2. The molecule has 0 saturated heterocycles. The molecule has 0 bridgehead atoms. The smallest absolute Gasteiger partial charge is 0.306 e. The SMILES string of the molecule is CCCCC/C=C\C/C=C\CCCCCCCCCCCC(=O)OC(COC(=O)CCCCCCCCCCC/C=C\CCCCCCCC)COC(=O)CCCCCCCCCCCCCCCCCCCCCCC. The molecule has 0 heterocycles. The van der Waals surface area contributed by atoms with E-state index in [1.54, 1.807) is 0 Å². The van der Waals surface area contributed by atoms with E-state index >= 15 is 0 Å². The van der Waals surface area contributed by atoms with Crippen LogP contribution in [0.3, 0.4) is 0 Å². The van der Waals surface area contributed by atoms with Gasteiger partial charge in [0.2, 0.25) is 0 Å². The van der Waals surface area contributed by atoms with E-state index in [4.69, 9.17) is 14.2 Å². The van der Waals surface area contributed by atoms with Crippen LogP contribution in [0.4, 0.5) is 0 Å². The molecule has 0 spiro atoms. The predicted octanol–water partition coefficient (Wildman–Crippen LogP) is 23.6. The van der Waals surface area contributed by atoms with Gasteiger partial charge in [0.1, 0.15) is 13.2 Å². The van der Waals surface area contributed by atoms with Gasteiger partial charge in [0.25, 0.3) is 0 Å². The standard InChI is InChI=1S/C71H132O6/c1-4-7-10-13-16-19-22-25-28-31-34-35-38-40-43-46-49-52-55-58-61-64-70(73)76-67-68(77-71(74)65-62-59-56-53-50-47-44-41-37-33-30-27-24-21-18-15-12-9-6-3)66-75-69(72)63-60-57-54-51-48-45-42-39-36-32-29-26-23-20-17-14-11-8-5-2/h18,21,26-27,29-30,68H,4-17,19-20,22-25,28,31-67H2,1-3H3/b21-18-,29-26-,30-27-. The maximum atomic E-state index is 12.9. The molecule has 1 unspecified atom stereocenters. The molecule has 0 N–H and O–H groups in total. The first-order valence-electron chi connectivity index (χ1n) is 34.5. The maximum absolute atomic E-state index is 12.9. The highest BCUT2D eigenvalue weighted by Gasteiger charge is 2.19. The maximum Gasteiger partial charge on any atom is 0.306 e. The number of hydrogen-bond acceptors (Lipinski definition) is 6. The fourth-order valence-corrected chi connectivity index (χ4v) is 10.4. The second-order valence-corrected chi connectivity index (χ2v) is 23.4. The Morgan fingerprint density at radius 2 is 0.468 bits per heavy atom. The lowest BCUT2D eigenvalue weighted by molar-refractivity contribution is -0.167. The Kier molecular flexibility index (Phi) is 64.1. The molecule has 0 fully saturated rings. The lowest BCUT2D eigenvalue weighted by atomic mass is 10.0. The van der Waals surface area contributed by atoms with E-state index in [9.17, 15) is 14.4 Å². The quantitative estimate of drug-likeness (QED) is 0.0261. The zero-order valence-electron chi connectivity index (χ0n) is 52.0. The number of carbonyl (C=O) groups excluding carboxylic acids is 3. The van der Waals surface area contributed by atoms with E-state index < -0.39 is 6.10 Å². The molecule has 6 nitrogen and oxygen atoms in total. The first-order valence-corrected chi connectivity index (χ1v) is 34.5. The van der Waals surface area contributed by atoms with Gasteiger partial charge in [-0.2, -0.15) is 0 Å². The minimum Gasteiger partial charge on any atom is -0.462 e. The van der Waals surface area contributed by atoms with Crippen LogP contribution in [0.5, 0.6) is 0 Å². The van der Waals surface area contributed by atoms with Crippen LogP contribution in [-0.4, -0.2) is 37.2 Å². The molecular weight excluding hydrogens is 949 g/mol. The largest absolute Gasteiger partial charge is 0.462 e. The Bertz CT molecular complexity index is 1290. The molecule has 1 atom stereocenters. The van der Waals surface area contributed by atoms with E-state index in [1.165, 1.54) is 276 Å². The van der Waals surface area contributed by atoms with Gasteiger partial charge < -0.3 is 14.2 Å². The van der Waals surface area contributed by atoms with Crippen molar-refractivity contribution < 1.29 is 28.6 Å². The summed E-state index contributed by atoms with van der Waals surface area (Å²) >= 11 is 0. The van der Waals surface area contributed by atoms with Crippen molar-refractivity contribution in [2.45, 2.75) is 386 Å². The van der Waals surface area contributed by atoms with E-state index in [-0.39, 0.29) is 31.1 Å². The molecule has 0 aromatic carbocycles. The molecule has 0 aliphatic carbocycles. The zero-order valence-corrected chi connectivity index (χ0v) is 52.0. The van der Waals surface area contributed by atoms with Crippen molar-refractivity contribution in [1.29, 1.82) is 0 Å². The number of hydrogen-bond donors (Lipinski definition) is 0. The first-order chi connectivity index (χ1) is 38.0. The second kappa shape index (κ2) is 66.1. The van der Waals surface area contributed by atoms with Crippen LogP contribution < -0.4 is 0 Å². The van der Waals surface area contributed by atoms with Gasteiger partial charge in [0.15, 0.2) is 6.10 Å². The molecule has 77 heavy (non-hydrogen) atoms. The van der Waals surface area contributed by atoms with Crippen LogP contribution in [0, 0.1) is 0 Å². The Morgan fingerprint density at radius 3 is 0.753 bits per heavy atom. The summed E-state index contributed by atoms with van der Waals surface area (Å²) in [6, 6.07) is 0. The summed E-state index contributed by atoms with van der Waals surface area (Å²) in [4.78, 5) is 38.4.